The summed E-state index contributed by atoms with van der Waals surface area (Å²) in [6.45, 7) is 11.1. The summed E-state index contributed by atoms with van der Waals surface area (Å²) in [6, 6.07) is 8.52. The highest BCUT2D eigenvalue weighted by atomic mass is 16.5. The number of hydrogen-bond donors (Lipinski definition) is 1. The van der Waals surface area contributed by atoms with Crippen molar-refractivity contribution in [1.29, 1.82) is 0 Å². The first-order valence-corrected chi connectivity index (χ1v) is 10.8. The fraction of sp³-hybridized carbons (Fsp3) is 0.682. The van der Waals surface area contributed by atoms with E-state index in [4.69, 9.17) is 14.5 Å². The van der Waals surface area contributed by atoms with E-state index >= 15 is 0 Å². The molecule has 0 amide bonds. The molecule has 1 aromatic rings. The minimum atomic E-state index is 0.566. The zero-order valence-corrected chi connectivity index (χ0v) is 17.5. The van der Waals surface area contributed by atoms with Gasteiger partial charge < -0.3 is 19.7 Å². The van der Waals surface area contributed by atoms with E-state index in [1.165, 1.54) is 24.9 Å². The number of methoxy groups -OCH3 is 1. The number of nitrogens with one attached hydrogen (secondary N) is 1. The van der Waals surface area contributed by atoms with Crippen molar-refractivity contribution in [2.75, 3.05) is 66.1 Å². The van der Waals surface area contributed by atoms with Gasteiger partial charge in [0.25, 0.3) is 0 Å². The quantitative estimate of drug-likeness (QED) is 0.421. The number of aliphatic imine (C=N–C) groups is 1. The second-order valence-corrected chi connectivity index (χ2v) is 7.60. The first kappa shape index (κ1) is 20.9. The molecule has 0 spiro atoms. The van der Waals surface area contributed by atoms with Crippen LogP contribution >= 0.6 is 0 Å². The van der Waals surface area contributed by atoms with Crippen LogP contribution in [0.25, 0.3) is 0 Å². The van der Waals surface area contributed by atoms with Crippen LogP contribution < -0.4 is 10.1 Å². The minimum Gasteiger partial charge on any atom is -0.497 e. The van der Waals surface area contributed by atoms with E-state index in [1.54, 1.807) is 7.11 Å². The van der Waals surface area contributed by atoms with Gasteiger partial charge in [0, 0.05) is 45.2 Å². The second-order valence-electron chi connectivity index (χ2n) is 7.60. The van der Waals surface area contributed by atoms with E-state index in [9.17, 15) is 0 Å². The first-order valence-electron chi connectivity index (χ1n) is 10.8. The number of likely N-dealkylation sites (tertiary alicyclic amines) is 1. The number of unbranched alkanes of at least 4 members (excludes halogenated alkanes) is 1. The van der Waals surface area contributed by atoms with Gasteiger partial charge in [0.2, 0.25) is 0 Å². The molecule has 0 saturated carbocycles. The van der Waals surface area contributed by atoms with E-state index < -0.39 is 0 Å². The van der Waals surface area contributed by atoms with Crippen LogP contribution in [0.1, 0.15) is 37.7 Å². The van der Waals surface area contributed by atoms with Gasteiger partial charge in [-0.3, -0.25) is 9.89 Å². The van der Waals surface area contributed by atoms with Gasteiger partial charge in [-0.15, -0.1) is 0 Å². The van der Waals surface area contributed by atoms with E-state index in [0.717, 1.165) is 70.6 Å². The van der Waals surface area contributed by atoms with Crippen molar-refractivity contribution in [3.63, 3.8) is 0 Å². The highest BCUT2D eigenvalue weighted by Crippen LogP contribution is 2.28. The van der Waals surface area contributed by atoms with Gasteiger partial charge in [-0.25, -0.2) is 0 Å². The van der Waals surface area contributed by atoms with Gasteiger partial charge in [0.1, 0.15) is 5.75 Å². The van der Waals surface area contributed by atoms with Gasteiger partial charge in [0.15, 0.2) is 5.96 Å². The van der Waals surface area contributed by atoms with E-state index in [0.29, 0.717) is 5.92 Å². The van der Waals surface area contributed by atoms with Crippen molar-refractivity contribution in [3.8, 4) is 5.75 Å². The number of ether oxygens (including phenoxy) is 2. The first-order chi connectivity index (χ1) is 13.8. The number of rotatable bonds is 8. The molecule has 2 aliphatic rings. The topological polar surface area (TPSA) is 49.3 Å². The molecule has 1 atom stereocenters. The highest BCUT2D eigenvalue weighted by Gasteiger charge is 2.26. The van der Waals surface area contributed by atoms with E-state index in [1.807, 2.05) is 0 Å². The average molecular weight is 389 g/mol. The smallest absolute Gasteiger partial charge is 0.193 e. The Morgan fingerprint density at radius 3 is 2.68 bits per heavy atom. The lowest BCUT2D eigenvalue weighted by Gasteiger charge is -2.26. The maximum atomic E-state index is 5.41. The van der Waals surface area contributed by atoms with Crippen molar-refractivity contribution < 1.29 is 9.47 Å². The molecular formula is C22H36N4O2. The predicted octanol–water partition coefficient (Wildman–Crippen LogP) is 2.56. The molecule has 1 unspecified atom stereocenters. The molecule has 6 heteroatoms. The summed E-state index contributed by atoms with van der Waals surface area (Å²) >= 11 is 0. The molecule has 0 radical (unpaired) electrons. The Morgan fingerprint density at radius 1 is 1.18 bits per heavy atom. The number of guanidine groups is 1. The van der Waals surface area contributed by atoms with E-state index in [2.05, 4.69) is 46.3 Å². The number of nitrogens with zero attached hydrogens (tertiary/aromatic N) is 3. The lowest BCUT2D eigenvalue weighted by molar-refractivity contribution is 0.0373. The molecule has 1 aromatic carbocycles. The molecule has 0 aromatic heterocycles. The van der Waals surface area contributed by atoms with Crippen molar-refractivity contribution in [1.82, 2.24) is 15.1 Å². The number of morpholine rings is 1. The molecule has 3 rings (SSSR count). The molecule has 0 aliphatic carbocycles. The molecule has 2 fully saturated rings. The molecule has 2 heterocycles. The Bertz CT molecular complexity index is 599. The molecule has 156 valence electrons. The Balaban J connectivity index is 1.45. The third kappa shape index (κ3) is 6.11. The summed E-state index contributed by atoms with van der Waals surface area (Å²) in [5.74, 6) is 2.56. The Kier molecular flexibility index (Phi) is 8.42. The van der Waals surface area contributed by atoms with Gasteiger partial charge >= 0.3 is 0 Å². The molecular weight excluding hydrogens is 352 g/mol. The summed E-state index contributed by atoms with van der Waals surface area (Å²) < 4.78 is 10.7. The summed E-state index contributed by atoms with van der Waals surface area (Å²) in [5, 5.41) is 3.48. The van der Waals surface area contributed by atoms with Crippen LogP contribution in [0, 0.1) is 0 Å². The molecule has 0 bridgehead atoms. The van der Waals surface area contributed by atoms with Crippen LogP contribution in [0.4, 0.5) is 0 Å². The number of hydrogen-bond acceptors (Lipinski definition) is 4. The van der Waals surface area contributed by atoms with E-state index in [-0.39, 0.29) is 0 Å². The molecule has 6 nitrogen and oxygen atoms in total. The van der Waals surface area contributed by atoms with Crippen LogP contribution in [0.2, 0.25) is 0 Å². The standard InChI is InChI=1S/C22H36N4O2/c1-3-23-22(24-11-4-5-12-25-14-16-28-17-15-25)26-13-10-20(18-26)19-6-8-21(27-2)9-7-19/h6-9,20H,3-5,10-18H2,1-2H3,(H,23,24). The van der Waals surface area contributed by atoms with Crippen molar-refractivity contribution in [3.05, 3.63) is 29.8 Å². The van der Waals surface area contributed by atoms with Gasteiger partial charge in [0.05, 0.1) is 20.3 Å². The normalized spacial score (nSPS) is 21.1. The SMILES string of the molecule is CCNC(=NCCCCN1CCOCC1)N1CCC(c2ccc(OC)cc2)C1. The summed E-state index contributed by atoms with van der Waals surface area (Å²) in [6.07, 6.45) is 3.52. The molecule has 1 N–H and O–H groups in total. The zero-order valence-electron chi connectivity index (χ0n) is 17.5. The van der Waals surface area contributed by atoms with Crippen LogP contribution in [0.5, 0.6) is 5.75 Å². The molecule has 2 saturated heterocycles. The van der Waals surface area contributed by atoms with Crippen molar-refractivity contribution in [2.45, 2.75) is 32.1 Å². The van der Waals surface area contributed by atoms with Crippen LogP contribution in [-0.4, -0.2) is 81.9 Å². The predicted molar refractivity (Wildman–Crippen MR) is 114 cm³/mol. The Labute approximate surface area is 169 Å². The highest BCUT2D eigenvalue weighted by molar-refractivity contribution is 5.80. The number of benzene rings is 1. The zero-order chi connectivity index (χ0) is 19.6. The van der Waals surface area contributed by atoms with Crippen LogP contribution in [-0.2, 0) is 4.74 Å². The second kappa shape index (κ2) is 11.3. The summed E-state index contributed by atoms with van der Waals surface area (Å²) in [7, 11) is 1.71. The average Bonchev–Trinajstić information content (AvgIpc) is 3.24. The summed E-state index contributed by atoms with van der Waals surface area (Å²) in [4.78, 5) is 9.82. The lowest BCUT2D eigenvalue weighted by Crippen LogP contribution is -2.40. The third-order valence-electron chi connectivity index (χ3n) is 5.66. The third-order valence-corrected chi connectivity index (χ3v) is 5.66. The summed E-state index contributed by atoms with van der Waals surface area (Å²) in [5.41, 5.74) is 1.39. The Morgan fingerprint density at radius 2 is 1.96 bits per heavy atom. The van der Waals surface area contributed by atoms with Gasteiger partial charge in [-0.1, -0.05) is 12.1 Å². The minimum absolute atomic E-state index is 0.566. The largest absolute Gasteiger partial charge is 0.497 e. The Hall–Kier alpha value is -1.79. The fourth-order valence-electron chi connectivity index (χ4n) is 3.98. The van der Waals surface area contributed by atoms with Crippen molar-refractivity contribution in [2.24, 2.45) is 4.99 Å². The van der Waals surface area contributed by atoms with Crippen LogP contribution in [0.15, 0.2) is 29.3 Å². The van der Waals surface area contributed by atoms with Crippen molar-refractivity contribution >= 4 is 5.96 Å². The molecule has 2 aliphatic heterocycles. The maximum absolute atomic E-state index is 5.41. The van der Waals surface area contributed by atoms with Gasteiger partial charge in [-0.2, -0.15) is 0 Å². The van der Waals surface area contributed by atoms with Gasteiger partial charge in [-0.05, 0) is 50.4 Å². The monoisotopic (exact) mass is 388 g/mol. The lowest BCUT2D eigenvalue weighted by atomic mass is 9.98. The molecule has 28 heavy (non-hydrogen) atoms. The fourth-order valence-corrected chi connectivity index (χ4v) is 3.98. The van der Waals surface area contributed by atoms with Crippen LogP contribution in [0.3, 0.4) is 0 Å². The maximum Gasteiger partial charge on any atom is 0.193 e.